The number of ether oxygens (including phenoxy) is 3. The molecule has 1 atom stereocenters. The summed E-state index contributed by atoms with van der Waals surface area (Å²) in [6.07, 6.45) is 7.51. The largest absolute Gasteiger partial charge is 0.493 e. The van der Waals surface area contributed by atoms with Crippen molar-refractivity contribution in [1.29, 1.82) is 0 Å². The van der Waals surface area contributed by atoms with Crippen molar-refractivity contribution in [2.24, 2.45) is 0 Å². The minimum atomic E-state index is -0.227. The quantitative estimate of drug-likeness (QED) is 0.713. The van der Waals surface area contributed by atoms with Gasteiger partial charge in [-0.3, -0.25) is 4.79 Å². The van der Waals surface area contributed by atoms with Gasteiger partial charge >= 0.3 is 0 Å². The molecule has 1 saturated carbocycles. The number of carbonyl (C=O) groups excluding carboxylic acids is 1. The van der Waals surface area contributed by atoms with Crippen LogP contribution in [0.5, 0.6) is 17.2 Å². The first-order chi connectivity index (χ1) is 16.0. The smallest absolute Gasteiger partial charge is 0.251 e. The fraction of sp³-hybridized carbons (Fsp3) is 0.519. The molecular formula is C27H34N2O4. The Kier molecular flexibility index (Phi) is 6.19. The Balaban J connectivity index is 1.35. The van der Waals surface area contributed by atoms with Crippen LogP contribution in [0.3, 0.4) is 0 Å². The maximum absolute atomic E-state index is 13.3. The Morgan fingerprint density at radius 3 is 2.61 bits per heavy atom. The fourth-order valence-electron chi connectivity index (χ4n) is 5.41. The molecule has 2 heterocycles. The van der Waals surface area contributed by atoms with E-state index in [9.17, 15) is 4.79 Å². The van der Waals surface area contributed by atoms with Crippen molar-refractivity contribution in [2.45, 2.75) is 62.7 Å². The molecule has 2 aromatic carbocycles. The number of hydrogen-bond acceptors (Lipinski definition) is 5. The first kappa shape index (κ1) is 22.1. The van der Waals surface area contributed by atoms with Gasteiger partial charge in [0, 0.05) is 30.6 Å². The van der Waals surface area contributed by atoms with E-state index < -0.39 is 0 Å². The molecule has 5 rings (SSSR count). The van der Waals surface area contributed by atoms with Crippen LogP contribution in [0.25, 0.3) is 0 Å². The van der Waals surface area contributed by atoms with Crippen LogP contribution in [-0.4, -0.2) is 49.8 Å². The summed E-state index contributed by atoms with van der Waals surface area (Å²) in [5.74, 6) is 2.10. The number of piperidine rings is 1. The number of fused-ring (bicyclic) bond motifs is 1. The van der Waals surface area contributed by atoms with Crippen molar-refractivity contribution in [3.05, 3.63) is 53.6 Å². The molecule has 3 aliphatic rings. The van der Waals surface area contributed by atoms with E-state index in [0.717, 1.165) is 56.5 Å². The number of likely N-dealkylation sites (tertiary alicyclic amines) is 1. The van der Waals surface area contributed by atoms with E-state index in [1.165, 1.54) is 12.8 Å². The second kappa shape index (κ2) is 9.26. The molecular weight excluding hydrogens is 416 g/mol. The average molecular weight is 451 g/mol. The highest BCUT2D eigenvalue weighted by Crippen LogP contribution is 2.44. The lowest BCUT2D eigenvalue weighted by molar-refractivity contribution is -0.0195. The molecule has 2 fully saturated rings. The van der Waals surface area contributed by atoms with Crippen molar-refractivity contribution in [3.8, 4) is 17.2 Å². The van der Waals surface area contributed by atoms with Crippen molar-refractivity contribution >= 4 is 5.91 Å². The number of benzene rings is 2. The topological polar surface area (TPSA) is 60.0 Å². The van der Waals surface area contributed by atoms with E-state index in [2.05, 4.69) is 23.3 Å². The van der Waals surface area contributed by atoms with Gasteiger partial charge in [0.25, 0.3) is 5.91 Å². The fourth-order valence-corrected chi connectivity index (χ4v) is 5.41. The highest BCUT2D eigenvalue weighted by molar-refractivity contribution is 5.95. The van der Waals surface area contributed by atoms with Gasteiger partial charge < -0.3 is 24.4 Å². The molecule has 2 aromatic rings. The number of nitrogens with zero attached hydrogens (tertiary/aromatic N) is 1. The second-order valence-corrected chi connectivity index (χ2v) is 9.75. The SMILES string of the molecule is COc1cc(C(=O)N[C@H]2CC3(CCN(C)CC3)Oc3ccccc32)ccc1OC1CCCC1. The predicted molar refractivity (Wildman–Crippen MR) is 127 cm³/mol. The normalized spacial score (nSPS) is 22.4. The van der Waals surface area contributed by atoms with Crippen molar-refractivity contribution in [3.63, 3.8) is 0 Å². The molecule has 33 heavy (non-hydrogen) atoms. The summed E-state index contributed by atoms with van der Waals surface area (Å²) in [5.41, 5.74) is 1.39. The van der Waals surface area contributed by atoms with E-state index in [1.807, 2.05) is 30.3 Å². The molecule has 176 valence electrons. The lowest BCUT2D eigenvalue weighted by atomic mass is 9.80. The van der Waals surface area contributed by atoms with Gasteiger partial charge in [0.05, 0.1) is 19.3 Å². The van der Waals surface area contributed by atoms with Crippen molar-refractivity contribution in [2.75, 3.05) is 27.2 Å². The summed E-state index contributed by atoms with van der Waals surface area (Å²) in [6, 6.07) is 13.5. The van der Waals surface area contributed by atoms with Crippen LogP contribution in [0.1, 0.15) is 66.9 Å². The molecule has 0 unspecified atom stereocenters. The molecule has 1 aliphatic carbocycles. The molecule has 6 heteroatoms. The van der Waals surface area contributed by atoms with Crippen molar-refractivity contribution < 1.29 is 19.0 Å². The third-order valence-corrected chi connectivity index (χ3v) is 7.42. The third-order valence-electron chi connectivity index (χ3n) is 7.42. The standard InChI is InChI=1S/C27H34N2O4/c1-29-15-13-27(14-16-29)18-22(21-9-5-6-10-23(21)33-27)28-26(30)19-11-12-24(25(17-19)31-2)32-20-7-3-4-8-20/h5-6,9-12,17,20,22H,3-4,7-8,13-16,18H2,1-2H3,(H,28,30)/t22-/m0/s1. The lowest BCUT2D eigenvalue weighted by Crippen LogP contribution is -2.51. The molecule has 6 nitrogen and oxygen atoms in total. The summed E-state index contributed by atoms with van der Waals surface area (Å²) in [6.45, 7) is 2.00. The number of rotatable bonds is 5. The van der Waals surface area contributed by atoms with Gasteiger partial charge in [-0.25, -0.2) is 0 Å². The molecule has 0 aromatic heterocycles. The van der Waals surface area contributed by atoms with Crippen LogP contribution in [0, 0.1) is 0 Å². The maximum Gasteiger partial charge on any atom is 0.251 e. The predicted octanol–water partition coefficient (Wildman–Crippen LogP) is 4.73. The van der Waals surface area contributed by atoms with Crippen molar-refractivity contribution in [1.82, 2.24) is 10.2 Å². The Morgan fingerprint density at radius 2 is 1.85 bits per heavy atom. The first-order valence-corrected chi connectivity index (χ1v) is 12.2. The Hall–Kier alpha value is -2.73. The van der Waals surface area contributed by atoms with Gasteiger partial charge in [-0.1, -0.05) is 18.2 Å². The molecule has 1 amide bonds. The molecule has 0 radical (unpaired) electrons. The summed E-state index contributed by atoms with van der Waals surface area (Å²) in [4.78, 5) is 15.7. The van der Waals surface area contributed by atoms with E-state index in [-0.39, 0.29) is 23.7 Å². The maximum atomic E-state index is 13.3. The third kappa shape index (κ3) is 4.67. The van der Waals surface area contributed by atoms with Gasteiger partial charge in [-0.2, -0.15) is 0 Å². The summed E-state index contributed by atoms with van der Waals surface area (Å²) in [5, 5.41) is 3.29. The zero-order valence-corrected chi connectivity index (χ0v) is 19.6. The van der Waals surface area contributed by atoms with E-state index in [4.69, 9.17) is 14.2 Å². The van der Waals surface area contributed by atoms with Gasteiger partial charge in [0.2, 0.25) is 0 Å². The summed E-state index contributed by atoms with van der Waals surface area (Å²) >= 11 is 0. The average Bonchev–Trinajstić information content (AvgIpc) is 3.34. The molecule has 2 aliphatic heterocycles. The molecule has 1 saturated heterocycles. The minimum absolute atomic E-state index is 0.0914. The van der Waals surface area contributed by atoms with Crippen LogP contribution in [0.2, 0.25) is 0 Å². The Morgan fingerprint density at radius 1 is 1.09 bits per heavy atom. The van der Waals surface area contributed by atoms with Crippen LogP contribution >= 0.6 is 0 Å². The number of nitrogens with one attached hydrogen (secondary N) is 1. The second-order valence-electron chi connectivity index (χ2n) is 9.75. The van der Waals surface area contributed by atoms with Crippen LogP contribution in [0.4, 0.5) is 0 Å². The first-order valence-electron chi connectivity index (χ1n) is 12.2. The number of para-hydroxylation sites is 1. The highest BCUT2D eigenvalue weighted by atomic mass is 16.5. The van der Waals surface area contributed by atoms with Crippen LogP contribution in [-0.2, 0) is 0 Å². The number of methoxy groups -OCH3 is 1. The highest BCUT2D eigenvalue weighted by Gasteiger charge is 2.43. The van der Waals surface area contributed by atoms with E-state index in [0.29, 0.717) is 17.1 Å². The lowest BCUT2D eigenvalue weighted by Gasteiger charge is -2.46. The van der Waals surface area contributed by atoms with E-state index >= 15 is 0 Å². The summed E-state index contributed by atoms with van der Waals surface area (Å²) < 4.78 is 18.2. The Labute approximate surface area is 196 Å². The van der Waals surface area contributed by atoms with Gasteiger partial charge in [-0.05, 0) is 69.8 Å². The zero-order valence-electron chi connectivity index (χ0n) is 19.6. The molecule has 1 N–H and O–H groups in total. The number of hydrogen-bond donors (Lipinski definition) is 1. The van der Waals surface area contributed by atoms with Gasteiger partial charge in [0.1, 0.15) is 11.4 Å². The van der Waals surface area contributed by atoms with Gasteiger partial charge in [-0.15, -0.1) is 0 Å². The van der Waals surface area contributed by atoms with Gasteiger partial charge in [0.15, 0.2) is 11.5 Å². The minimum Gasteiger partial charge on any atom is -0.493 e. The van der Waals surface area contributed by atoms with Crippen LogP contribution < -0.4 is 19.5 Å². The molecule has 0 bridgehead atoms. The monoisotopic (exact) mass is 450 g/mol. The zero-order chi connectivity index (χ0) is 22.8. The summed E-state index contributed by atoms with van der Waals surface area (Å²) in [7, 11) is 3.77. The van der Waals surface area contributed by atoms with Crippen LogP contribution in [0.15, 0.2) is 42.5 Å². The number of carbonyl (C=O) groups is 1. The number of amides is 1. The molecule has 1 spiro atoms. The Bertz CT molecular complexity index is 993. The van der Waals surface area contributed by atoms with E-state index in [1.54, 1.807) is 13.2 Å².